The minimum atomic E-state index is -3.85. The number of hydrogen-bond donors (Lipinski definition) is 2. The second kappa shape index (κ2) is 6.08. The van der Waals surface area contributed by atoms with E-state index in [1.165, 1.54) is 9.82 Å². The summed E-state index contributed by atoms with van der Waals surface area (Å²) < 4.78 is 25.9. The monoisotopic (exact) mass is 333 g/mol. The van der Waals surface area contributed by atoms with E-state index in [0.29, 0.717) is 12.8 Å². The molecule has 0 unspecified atom stereocenters. The zero-order chi connectivity index (χ0) is 15.6. The lowest BCUT2D eigenvalue weighted by Gasteiger charge is -2.30. The summed E-state index contributed by atoms with van der Waals surface area (Å²) in [5.41, 5.74) is 5.89. The van der Waals surface area contributed by atoms with Crippen LogP contribution in [0.4, 0.5) is 0 Å². The zero-order valence-electron chi connectivity index (χ0n) is 11.1. The summed E-state index contributed by atoms with van der Waals surface area (Å²) in [5, 5.41) is 8.97. The van der Waals surface area contributed by atoms with Crippen molar-refractivity contribution in [3.05, 3.63) is 11.2 Å². The van der Waals surface area contributed by atoms with Gasteiger partial charge in [0.1, 0.15) is 0 Å². The number of rotatable bonds is 5. The summed E-state index contributed by atoms with van der Waals surface area (Å²) in [6.07, 6.45) is 1.31. The fraction of sp³-hybridized carbons (Fsp3) is 0.545. The molecule has 8 nitrogen and oxygen atoms in total. The molecule has 1 amide bonds. The number of carbonyl (C=O) groups excluding carboxylic acids is 1. The van der Waals surface area contributed by atoms with Crippen molar-refractivity contribution in [2.75, 3.05) is 13.1 Å². The predicted molar refractivity (Wildman–Crippen MR) is 74.4 cm³/mol. The molecule has 21 heavy (non-hydrogen) atoms. The molecule has 0 atom stereocenters. The number of nitrogens with zero attached hydrogens (tertiary/aromatic N) is 2. The molecule has 1 aromatic rings. The molecule has 2 rings (SSSR count). The van der Waals surface area contributed by atoms with E-state index >= 15 is 0 Å². The van der Waals surface area contributed by atoms with Gasteiger partial charge in [0.15, 0.2) is 9.90 Å². The van der Waals surface area contributed by atoms with Crippen molar-refractivity contribution in [3.8, 4) is 0 Å². The zero-order valence-corrected chi connectivity index (χ0v) is 12.7. The van der Waals surface area contributed by atoms with Crippen molar-refractivity contribution in [3.63, 3.8) is 0 Å². The van der Waals surface area contributed by atoms with Gasteiger partial charge < -0.3 is 10.8 Å². The molecule has 0 spiro atoms. The van der Waals surface area contributed by atoms with Crippen LogP contribution in [0.15, 0.2) is 9.72 Å². The molecule has 2 heterocycles. The van der Waals surface area contributed by atoms with E-state index in [1.54, 1.807) is 0 Å². The first-order chi connectivity index (χ1) is 9.82. The average Bonchev–Trinajstić information content (AvgIpc) is 2.88. The van der Waals surface area contributed by atoms with Gasteiger partial charge in [-0.2, -0.15) is 4.31 Å². The Morgan fingerprint density at radius 3 is 2.57 bits per heavy atom. The normalized spacial score (nSPS) is 17.7. The van der Waals surface area contributed by atoms with Gasteiger partial charge in [0.2, 0.25) is 5.91 Å². The number of amides is 1. The van der Waals surface area contributed by atoms with Crippen LogP contribution in [0.3, 0.4) is 0 Å². The van der Waals surface area contributed by atoms with E-state index in [-0.39, 0.29) is 29.6 Å². The molecule has 10 heteroatoms. The van der Waals surface area contributed by atoms with Gasteiger partial charge in [0, 0.05) is 19.5 Å². The number of aromatic nitrogens is 1. The fourth-order valence-corrected chi connectivity index (χ4v) is 5.06. The number of thiazole rings is 1. The topological polar surface area (TPSA) is 131 Å². The Morgan fingerprint density at radius 1 is 1.43 bits per heavy atom. The summed E-state index contributed by atoms with van der Waals surface area (Å²) in [7, 11) is -3.85. The molecule has 116 valence electrons. The highest BCUT2D eigenvalue weighted by Crippen LogP contribution is 2.29. The maximum atomic E-state index is 12.4. The van der Waals surface area contributed by atoms with Crippen LogP contribution in [0.25, 0.3) is 0 Å². The molecule has 1 aliphatic rings. The Bertz CT molecular complexity index is 647. The molecule has 0 saturated carbocycles. The van der Waals surface area contributed by atoms with E-state index in [0.717, 1.165) is 11.3 Å². The predicted octanol–water partition coefficient (Wildman–Crippen LogP) is 0.117. The largest absolute Gasteiger partial charge is 0.476 e. The van der Waals surface area contributed by atoms with Crippen LogP contribution in [0.2, 0.25) is 0 Å². The second-order valence-corrected chi connectivity index (χ2v) is 7.80. The quantitative estimate of drug-likeness (QED) is 0.787. The molecule has 1 aliphatic heterocycles. The molecule has 0 bridgehead atoms. The van der Waals surface area contributed by atoms with E-state index in [2.05, 4.69) is 4.98 Å². The van der Waals surface area contributed by atoms with E-state index < -0.39 is 27.6 Å². The Kier molecular flexibility index (Phi) is 4.59. The van der Waals surface area contributed by atoms with E-state index in [9.17, 15) is 18.0 Å². The molecule has 0 aromatic carbocycles. The third-order valence-corrected chi connectivity index (χ3v) is 6.62. The summed E-state index contributed by atoms with van der Waals surface area (Å²) in [6, 6.07) is 0. The van der Waals surface area contributed by atoms with Gasteiger partial charge in [-0.05, 0) is 18.8 Å². The van der Waals surface area contributed by atoms with Crippen LogP contribution < -0.4 is 5.73 Å². The minimum Gasteiger partial charge on any atom is -0.476 e. The van der Waals surface area contributed by atoms with Gasteiger partial charge >= 0.3 is 5.97 Å². The summed E-state index contributed by atoms with van der Waals surface area (Å²) in [5.74, 6) is -1.68. The van der Waals surface area contributed by atoms with Gasteiger partial charge in [-0.25, -0.2) is 18.2 Å². The molecule has 0 radical (unpaired) electrons. The number of carbonyl (C=O) groups is 2. The Hall–Kier alpha value is -1.52. The van der Waals surface area contributed by atoms with Crippen LogP contribution in [-0.4, -0.2) is 47.8 Å². The van der Waals surface area contributed by atoms with Crippen LogP contribution in [0, 0.1) is 5.92 Å². The number of nitrogens with two attached hydrogens (primary N) is 1. The Labute approximate surface area is 125 Å². The van der Waals surface area contributed by atoms with Gasteiger partial charge in [0.25, 0.3) is 10.0 Å². The third-order valence-electron chi connectivity index (χ3n) is 3.38. The van der Waals surface area contributed by atoms with Gasteiger partial charge in [-0.1, -0.05) is 0 Å². The minimum absolute atomic E-state index is 0.0781. The summed E-state index contributed by atoms with van der Waals surface area (Å²) >= 11 is 0.794. The highest BCUT2D eigenvalue weighted by atomic mass is 32.2. The first-order valence-electron chi connectivity index (χ1n) is 6.27. The second-order valence-electron chi connectivity index (χ2n) is 4.81. The first-order valence-corrected chi connectivity index (χ1v) is 8.59. The lowest BCUT2D eigenvalue weighted by atomic mass is 9.94. The van der Waals surface area contributed by atoms with Crippen molar-refractivity contribution >= 4 is 33.2 Å². The molecular weight excluding hydrogens is 318 g/mol. The van der Waals surface area contributed by atoms with Gasteiger partial charge in [-0.3, -0.25) is 4.79 Å². The Balaban J connectivity index is 2.13. The molecule has 1 fully saturated rings. The van der Waals surface area contributed by atoms with Crippen molar-refractivity contribution in [2.45, 2.75) is 23.5 Å². The molecule has 1 saturated heterocycles. The lowest BCUT2D eigenvalue weighted by molar-refractivity contribution is -0.119. The number of hydrogen-bond acceptors (Lipinski definition) is 6. The molecular formula is C11H15N3O5S2. The standard InChI is InChI=1S/C11H15N3O5S2/c12-8(15)5-7-1-3-14(4-2-7)21(18,19)11-9(10(16)17)13-6-20-11/h6-7H,1-5H2,(H2,12,15)(H,16,17). The fourth-order valence-electron chi connectivity index (χ4n) is 2.32. The highest BCUT2D eigenvalue weighted by Gasteiger charge is 2.34. The number of piperidine rings is 1. The van der Waals surface area contributed by atoms with E-state index in [1.807, 2.05) is 0 Å². The SMILES string of the molecule is NC(=O)CC1CCN(S(=O)(=O)c2scnc2C(=O)O)CC1. The van der Waals surface area contributed by atoms with Crippen LogP contribution in [0.5, 0.6) is 0 Å². The van der Waals surface area contributed by atoms with Crippen LogP contribution in [-0.2, 0) is 14.8 Å². The number of primary amides is 1. The van der Waals surface area contributed by atoms with Crippen molar-refractivity contribution in [1.29, 1.82) is 0 Å². The lowest BCUT2D eigenvalue weighted by Crippen LogP contribution is -2.39. The number of sulfonamides is 1. The van der Waals surface area contributed by atoms with Gasteiger partial charge in [-0.15, -0.1) is 11.3 Å². The maximum Gasteiger partial charge on any atom is 0.356 e. The summed E-state index contributed by atoms with van der Waals surface area (Å²) in [4.78, 5) is 25.4. The Morgan fingerprint density at radius 2 is 2.05 bits per heavy atom. The molecule has 3 N–H and O–H groups in total. The number of carboxylic acid groups (broad SMARTS) is 1. The van der Waals surface area contributed by atoms with E-state index in [4.69, 9.17) is 10.8 Å². The maximum absolute atomic E-state index is 12.4. The van der Waals surface area contributed by atoms with Crippen LogP contribution in [0.1, 0.15) is 29.8 Å². The van der Waals surface area contributed by atoms with Crippen molar-refractivity contribution in [1.82, 2.24) is 9.29 Å². The van der Waals surface area contributed by atoms with Crippen molar-refractivity contribution in [2.24, 2.45) is 11.7 Å². The summed E-state index contributed by atoms with van der Waals surface area (Å²) in [6.45, 7) is 0.495. The highest BCUT2D eigenvalue weighted by molar-refractivity contribution is 7.91. The van der Waals surface area contributed by atoms with Crippen LogP contribution >= 0.6 is 11.3 Å². The first kappa shape index (κ1) is 15.9. The molecule has 0 aliphatic carbocycles. The smallest absolute Gasteiger partial charge is 0.356 e. The van der Waals surface area contributed by atoms with Gasteiger partial charge in [0.05, 0.1) is 5.51 Å². The molecule has 1 aromatic heterocycles. The van der Waals surface area contributed by atoms with Crippen molar-refractivity contribution < 1.29 is 23.1 Å². The number of carboxylic acids is 1. The third kappa shape index (κ3) is 3.39. The average molecular weight is 333 g/mol. The number of aromatic carboxylic acids is 1.